The molecule has 0 saturated carbocycles. The zero-order valence-corrected chi connectivity index (χ0v) is 60.4. The van der Waals surface area contributed by atoms with Gasteiger partial charge in [0, 0.05) is 24.2 Å². The molecule has 6 atom stereocenters. The molecule has 6 aromatic rings. The zero-order chi connectivity index (χ0) is 60.6. The van der Waals surface area contributed by atoms with Gasteiger partial charge in [-0.1, -0.05) is 275 Å². The Morgan fingerprint density at radius 2 is 0.663 bits per heavy atom. The molecule has 0 spiro atoms. The Morgan fingerprint density at radius 1 is 0.349 bits per heavy atom. The van der Waals surface area contributed by atoms with Crippen molar-refractivity contribution in [3.05, 3.63) is 33.0 Å². The molecule has 2 aliphatic rings. The predicted molar refractivity (Wildman–Crippen MR) is 393 cm³/mol. The second kappa shape index (κ2) is 37.3. The van der Waals surface area contributed by atoms with E-state index in [0.29, 0.717) is 23.7 Å². The lowest BCUT2D eigenvalue weighted by atomic mass is 9.82. The van der Waals surface area contributed by atoms with Crippen molar-refractivity contribution < 1.29 is 0 Å². The summed E-state index contributed by atoms with van der Waals surface area (Å²) in [6.45, 7) is 26.3. The molecule has 0 amide bonds. The van der Waals surface area contributed by atoms with Crippen LogP contribution in [0.5, 0.6) is 0 Å². The maximum absolute atomic E-state index is 6.51. The van der Waals surface area contributed by atoms with Crippen LogP contribution in [0.2, 0.25) is 0 Å². The number of hydrogen-bond donors (Lipinski definition) is 0. The summed E-state index contributed by atoms with van der Waals surface area (Å²) in [6, 6.07) is -0.0117. The number of fused-ring (bicyclic) bond motifs is 14. The summed E-state index contributed by atoms with van der Waals surface area (Å²) in [7, 11) is 0. The van der Waals surface area contributed by atoms with Gasteiger partial charge in [-0.15, -0.1) is 45.3 Å². The zero-order valence-electron chi connectivity index (χ0n) is 57.2. The summed E-state index contributed by atoms with van der Waals surface area (Å²) in [5.41, 5.74) is 15.5. The molecule has 0 fully saturated rings. The third-order valence-electron chi connectivity index (χ3n) is 20.9. The highest BCUT2D eigenvalue weighted by Crippen LogP contribution is 2.61. The number of aliphatic imine (C=N–C) groups is 2. The molecule has 4 nitrogen and oxygen atoms in total. The van der Waals surface area contributed by atoms with Crippen LogP contribution in [0.15, 0.2) is 20.7 Å². The molecule has 7 heterocycles. The molecule has 0 N–H and O–H groups in total. The monoisotopic (exact) mass is 1250 g/mol. The van der Waals surface area contributed by atoms with Crippen molar-refractivity contribution in [2.45, 2.75) is 364 Å². The molecule has 1 aliphatic heterocycles. The van der Waals surface area contributed by atoms with Crippen LogP contribution in [0.3, 0.4) is 0 Å². The van der Waals surface area contributed by atoms with Crippen molar-refractivity contribution in [2.75, 3.05) is 0 Å². The van der Waals surface area contributed by atoms with E-state index in [0.717, 1.165) is 25.9 Å². The molecule has 0 radical (unpaired) electrons. The third-order valence-corrected chi connectivity index (χ3v) is 25.8. The van der Waals surface area contributed by atoms with Gasteiger partial charge < -0.3 is 9.13 Å². The van der Waals surface area contributed by atoms with Gasteiger partial charge in [0.1, 0.15) is 12.1 Å². The average Bonchev–Trinajstić information content (AvgIpc) is 1.56. The standard InChI is InChI=1S/C78H126N4S4/c1-11-21-29-33-35-37-41-49-61-55-83-77-71-75(85-73(61)77)65-67-68(80-64(52-58(20-10)44-26-16-6)63(79-67)51-57(19-9)43-25-15-5)66-70(69(65)81(71)53-59(45-27-17-7)47-39-31-23-13-3)82(54-60(46-28-18-8)48-40-32-24-14-4)72-76(66)86-74-62(56-84-78(72)74)50-42-38-36-34-30-22-12-2/h55-60,67-68H,11-54H2,1-10H3. The minimum Gasteiger partial charge on any atom is -0.337 e. The molecule has 1 aliphatic carbocycles. The maximum Gasteiger partial charge on any atom is 0.105 e. The fraction of sp³-hybridized carbons (Fsp3) is 0.769. The van der Waals surface area contributed by atoms with Gasteiger partial charge in [-0.25, -0.2) is 0 Å². The number of rotatable bonds is 48. The first-order chi connectivity index (χ1) is 42.3. The van der Waals surface area contributed by atoms with E-state index in [4.69, 9.17) is 9.98 Å². The van der Waals surface area contributed by atoms with Gasteiger partial charge in [-0.3, -0.25) is 9.98 Å². The summed E-state index contributed by atoms with van der Waals surface area (Å²) in [5.74, 6) is 2.60. The lowest BCUT2D eigenvalue weighted by molar-refractivity contribution is 0.362. The number of aromatic nitrogens is 2. The number of thiophene rings is 4. The van der Waals surface area contributed by atoms with Gasteiger partial charge >= 0.3 is 0 Å². The molecule has 482 valence electrons. The van der Waals surface area contributed by atoms with Crippen LogP contribution >= 0.6 is 45.3 Å². The highest BCUT2D eigenvalue weighted by Gasteiger charge is 2.46. The Morgan fingerprint density at radius 3 is 1.01 bits per heavy atom. The highest BCUT2D eigenvalue weighted by atomic mass is 32.1. The Labute approximate surface area is 543 Å². The van der Waals surface area contributed by atoms with Gasteiger partial charge in [0.25, 0.3) is 0 Å². The van der Waals surface area contributed by atoms with Gasteiger partial charge in [0.15, 0.2) is 0 Å². The van der Waals surface area contributed by atoms with Gasteiger partial charge in [0.2, 0.25) is 0 Å². The summed E-state index contributed by atoms with van der Waals surface area (Å²) >= 11 is 8.61. The molecular formula is C78H126N4S4. The van der Waals surface area contributed by atoms with E-state index < -0.39 is 0 Å². The van der Waals surface area contributed by atoms with Crippen LogP contribution in [-0.4, -0.2) is 20.6 Å². The van der Waals surface area contributed by atoms with Crippen LogP contribution < -0.4 is 0 Å². The van der Waals surface area contributed by atoms with Crippen molar-refractivity contribution >= 4 is 96.0 Å². The fourth-order valence-corrected chi connectivity index (χ4v) is 21.0. The summed E-state index contributed by atoms with van der Waals surface area (Å²) in [5, 5.41) is 5.23. The molecular weight excluding hydrogens is 1120 g/mol. The average molecular weight is 1250 g/mol. The summed E-state index contributed by atoms with van der Waals surface area (Å²) < 4.78 is 15.7. The predicted octanol–water partition coefficient (Wildman–Crippen LogP) is 28.2. The van der Waals surface area contributed by atoms with E-state index in [1.807, 2.05) is 0 Å². The Kier molecular flexibility index (Phi) is 30.2. The first kappa shape index (κ1) is 69.6. The molecule has 0 bridgehead atoms. The first-order valence-corrected chi connectivity index (χ1v) is 41.0. The largest absolute Gasteiger partial charge is 0.337 e. The smallest absolute Gasteiger partial charge is 0.105 e. The summed E-state index contributed by atoms with van der Waals surface area (Å²) in [4.78, 5) is 13.0. The van der Waals surface area contributed by atoms with E-state index in [1.165, 1.54) is 268 Å². The van der Waals surface area contributed by atoms with Crippen molar-refractivity contribution in [3.8, 4) is 11.4 Å². The summed E-state index contributed by atoms with van der Waals surface area (Å²) in [6.07, 6.45) is 55.1. The number of aryl methyl sites for hydroxylation is 2. The number of unbranched alkanes of at least 4 members (excludes halogenated alkanes) is 22. The molecule has 0 saturated heterocycles. The van der Waals surface area contributed by atoms with E-state index in [1.54, 1.807) is 72.9 Å². The fourth-order valence-electron chi connectivity index (χ4n) is 15.4. The topological polar surface area (TPSA) is 34.6 Å². The highest BCUT2D eigenvalue weighted by molar-refractivity contribution is 7.33. The normalized spacial score (nSPS) is 16.6. The number of nitrogens with zero attached hydrogens (tertiary/aromatic N) is 4. The van der Waals surface area contributed by atoms with E-state index >= 15 is 0 Å². The molecule has 6 unspecified atom stereocenters. The second-order valence-electron chi connectivity index (χ2n) is 27.9. The molecule has 6 aromatic heterocycles. The Bertz CT molecular complexity index is 2740. The van der Waals surface area contributed by atoms with Crippen molar-refractivity contribution in [3.63, 3.8) is 0 Å². The van der Waals surface area contributed by atoms with Gasteiger partial charge in [-0.05, 0) is 110 Å². The van der Waals surface area contributed by atoms with Crippen LogP contribution in [0, 0.1) is 23.7 Å². The second-order valence-corrected chi connectivity index (χ2v) is 31.7. The Hall–Kier alpha value is -2.26. The third kappa shape index (κ3) is 17.7. The number of hydrogen-bond acceptors (Lipinski definition) is 6. The molecule has 0 aromatic carbocycles. The van der Waals surface area contributed by atoms with Crippen molar-refractivity contribution in [2.24, 2.45) is 33.7 Å². The van der Waals surface area contributed by atoms with Gasteiger partial charge in [-0.2, -0.15) is 0 Å². The van der Waals surface area contributed by atoms with Gasteiger partial charge in [0.05, 0.1) is 62.0 Å². The molecule has 86 heavy (non-hydrogen) atoms. The first-order valence-electron chi connectivity index (χ1n) is 37.6. The van der Waals surface area contributed by atoms with E-state index in [-0.39, 0.29) is 12.1 Å². The van der Waals surface area contributed by atoms with Crippen LogP contribution in [0.4, 0.5) is 0 Å². The molecule has 8 heteroatoms. The minimum absolute atomic E-state index is 0.00586. The van der Waals surface area contributed by atoms with Crippen molar-refractivity contribution in [1.29, 1.82) is 0 Å². The lowest BCUT2D eigenvalue weighted by Gasteiger charge is -2.35. The minimum atomic E-state index is -0.00586. The lowest BCUT2D eigenvalue weighted by Crippen LogP contribution is -2.30. The Balaban J connectivity index is 1.42. The SMILES string of the molecule is CCCCCCCCCc1csc2c1sc1c3c(n(CC(CCCC)CCCCCC)c12)-c1c(c2sc4c(CCCCCCCCC)csc4c2n1CC(CCCC)CCCCCC)C1N=C(CC(CC)CCCC)C(CC(CC)CCCC)=NC31. The van der Waals surface area contributed by atoms with Crippen LogP contribution in [0.1, 0.15) is 360 Å². The van der Waals surface area contributed by atoms with Crippen LogP contribution in [-0.2, 0) is 25.9 Å². The quantitative estimate of drug-likeness (QED) is 0.0341. The molecule has 8 rings (SSSR count). The maximum atomic E-state index is 6.51. The van der Waals surface area contributed by atoms with E-state index in [2.05, 4.69) is 134 Å². The van der Waals surface area contributed by atoms with Crippen molar-refractivity contribution in [1.82, 2.24) is 9.13 Å². The van der Waals surface area contributed by atoms with E-state index in [9.17, 15) is 0 Å². The van der Waals surface area contributed by atoms with Crippen LogP contribution in [0.25, 0.3) is 50.6 Å².